The van der Waals surface area contributed by atoms with Gasteiger partial charge in [0.25, 0.3) is 0 Å². The molecule has 0 atom stereocenters. The van der Waals surface area contributed by atoms with Crippen LogP contribution in [0.25, 0.3) is 0 Å². The number of allylic oxidation sites excluding steroid dienone is 2. The summed E-state index contributed by atoms with van der Waals surface area (Å²) in [6.45, 7) is 0. The molecule has 0 aromatic heterocycles. The standard InChI is InChI=1S/C7H6F4/c8-6(9)4-2-1-3-5(4)7(6,10)11/h1-3H2. The molecule has 0 aromatic carbocycles. The van der Waals surface area contributed by atoms with Crippen LogP contribution in [0, 0.1) is 0 Å². The quantitative estimate of drug-likeness (QED) is 0.383. The van der Waals surface area contributed by atoms with E-state index in [-0.39, 0.29) is 24.0 Å². The molecule has 0 heterocycles. The van der Waals surface area contributed by atoms with Gasteiger partial charge < -0.3 is 0 Å². The van der Waals surface area contributed by atoms with Gasteiger partial charge in [0.1, 0.15) is 0 Å². The summed E-state index contributed by atoms with van der Waals surface area (Å²) in [4.78, 5) is 0. The first kappa shape index (κ1) is 7.13. The Kier molecular flexibility index (Phi) is 1.05. The lowest BCUT2D eigenvalue weighted by Gasteiger charge is -2.38. The Balaban J connectivity index is 2.44. The van der Waals surface area contributed by atoms with Gasteiger partial charge in [-0.25, -0.2) is 0 Å². The Hall–Kier alpha value is -0.540. The summed E-state index contributed by atoms with van der Waals surface area (Å²) in [6.07, 6.45) is 0.756. The molecule has 0 saturated carbocycles. The molecule has 2 aliphatic carbocycles. The highest BCUT2D eigenvalue weighted by Crippen LogP contribution is 2.61. The topological polar surface area (TPSA) is 0 Å². The van der Waals surface area contributed by atoms with E-state index < -0.39 is 11.8 Å². The van der Waals surface area contributed by atoms with E-state index in [0.717, 1.165) is 0 Å². The molecule has 0 unspecified atom stereocenters. The van der Waals surface area contributed by atoms with Gasteiger partial charge in [-0.2, -0.15) is 17.6 Å². The Labute approximate surface area is 60.9 Å². The maximum Gasteiger partial charge on any atom is 0.335 e. The summed E-state index contributed by atoms with van der Waals surface area (Å²) in [5, 5.41) is 0. The Morgan fingerprint density at radius 1 is 0.818 bits per heavy atom. The molecular weight excluding hydrogens is 160 g/mol. The Morgan fingerprint density at radius 3 is 1.55 bits per heavy atom. The van der Waals surface area contributed by atoms with E-state index in [4.69, 9.17) is 0 Å². The minimum Gasteiger partial charge on any atom is -0.194 e. The van der Waals surface area contributed by atoms with Gasteiger partial charge in [0, 0.05) is 11.1 Å². The van der Waals surface area contributed by atoms with Crippen LogP contribution in [-0.4, -0.2) is 11.8 Å². The Morgan fingerprint density at radius 2 is 1.18 bits per heavy atom. The lowest BCUT2D eigenvalue weighted by molar-refractivity contribution is -0.189. The molecular formula is C7H6F4. The van der Waals surface area contributed by atoms with Crippen LogP contribution in [0.3, 0.4) is 0 Å². The molecule has 0 aromatic rings. The highest BCUT2D eigenvalue weighted by Gasteiger charge is 2.71. The fourth-order valence-corrected chi connectivity index (χ4v) is 1.75. The van der Waals surface area contributed by atoms with Crippen molar-refractivity contribution < 1.29 is 17.6 Å². The van der Waals surface area contributed by atoms with Crippen LogP contribution in [0.2, 0.25) is 0 Å². The third-order valence-corrected chi connectivity index (χ3v) is 2.37. The molecule has 0 amide bonds. The van der Waals surface area contributed by atoms with E-state index >= 15 is 0 Å². The second kappa shape index (κ2) is 1.62. The largest absolute Gasteiger partial charge is 0.335 e. The summed E-state index contributed by atoms with van der Waals surface area (Å²) in [6, 6.07) is 0. The van der Waals surface area contributed by atoms with Crippen molar-refractivity contribution >= 4 is 0 Å². The molecule has 2 rings (SSSR count). The van der Waals surface area contributed by atoms with Gasteiger partial charge in [0.2, 0.25) is 0 Å². The summed E-state index contributed by atoms with van der Waals surface area (Å²) in [5.74, 6) is -7.67. The molecule has 0 radical (unpaired) electrons. The van der Waals surface area contributed by atoms with E-state index in [0.29, 0.717) is 6.42 Å². The van der Waals surface area contributed by atoms with Crippen molar-refractivity contribution in [1.82, 2.24) is 0 Å². The zero-order valence-corrected chi connectivity index (χ0v) is 5.63. The van der Waals surface area contributed by atoms with Gasteiger partial charge >= 0.3 is 11.8 Å². The summed E-state index contributed by atoms with van der Waals surface area (Å²) >= 11 is 0. The molecule has 0 nitrogen and oxygen atoms in total. The highest BCUT2D eigenvalue weighted by atomic mass is 19.3. The van der Waals surface area contributed by atoms with Crippen molar-refractivity contribution in [3.63, 3.8) is 0 Å². The summed E-state index contributed by atoms with van der Waals surface area (Å²) in [7, 11) is 0. The minimum absolute atomic E-state index is 0.151. The van der Waals surface area contributed by atoms with Crippen LogP contribution < -0.4 is 0 Å². The van der Waals surface area contributed by atoms with Crippen molar-refractivity contribution in [2.75, 3.05) is 0 Å². The zero-order valence-electron chi connectivity index (χ0n) is 5.63. The second-order valence-electron chi connectivity index (χ2n) is 2.96. The minimum atomic E-state index is -3.83. The van der Waals surface area contributed by atoms with Crippen molar-refractivity contribution in [3.05, 3.63) is 11.1 Å². The molecule has 62 valence electrons. The molecule has 11 heavy (non-hydrogen) atoms. The van der Waals surface area contributed by atoms with Crippen LogP contribution >= 0.6 is 0 Å². The smallest absolute Gasteiger partial charge is 0.194 e. The number of alkyl halides is 4. The molecule has 0 aliphatic heterocycles. The van der Waals surface area contributed by atoms with E-state index in [9.17, 15) is 17.6 Å². The lowest BCUT2D eigenvalue weighted by Crippen LogP contribution is -2.51. The zero-order chi connectivity index (χ0) is 8.28. The third-order valence-electron chi connectivity index (χ3n) is 2.37. The SMILES string of the molecule is FC1(F)C2=C(CCC2)C1(F)F. The number of rotatable bonds is 0. The first-order chi connectivity index (χ1) is 4.98. The maximum absolute atomic E-state index is 12.5. The molecule has 4 heteroatoms. The van der Waals surface area contributed by atoms with Crippen LogP contribution in [-0.2, 0) is 0 Å². The van der Waals surface area contributed by atoms with Crippen molar-refractivity contribution in [3.8, 4) is 0 Å². The molecule has 0 spiro atoms. The third kappa shape index (κ3) is 0.567. The molecule has 0 bridgehead atoms. The van der Waals surface area contributed by atoms with Gasteiger partial charge in [0.05, 0.1) is 0 Å². The number of hydrogen-bond acceptors (Lipinski definition) is 0. The van der Waals surface area contributed by atoms with Gasteiger partial charge in [-0.15, -0.1) is 0 Å². The first-order valence-electron chi connectivity index (χ1n) is 3.46. The average molecular weight is 166 g/mol. The Bertz CT molecular complexity index is 215. The first-order valence-corrected chi connectivity index (χ1v) is 3.46. The van der Waals surface area contributed by atoms with Crippen molar-refractivity contribution in [1.29, 1.82) is 0 Å². The van der Waals surface area contributed by atoms with Crippen molar-refractivity contribution in [2.24, 2.45) is 0 Å². The maximum atomic E-state index is 12.5. The molecule has 0 fully saturated rings. The summed E-state index contributed by atoms with van der Waals surface area (Å²) < 4.78 is 49.9. The molecule has 0 saturated heterocycles. The fourth-order valence-electron chi connectivity index (χ4n) is 1.75. The van der Waals surface area contributed by atoms with Gasteiger partial charge in [0.15, 0.2) is 0 Å². The van der Waals surface area contributed by atoms with Gasteiger partial charge in [-0.05, 0) is 19.3 Å². The van der Waals surface area contributed by atoms with Crippen LogP contribution in [0.5, 0.6) is 0 Å². The average Bonchev–Trinajstić information content (AvgIpc) is 2.32. The fraction of sp³-hybridized carbons (Fsp3) is 0.714. The van der Waals surface area contributed by atoms with Crippen LogP contribution in [0.1, 0.15) is 19.3 Å². The number of halogens is 4. The van der Waals surface area contributed by atoms with E-state index in [1.807, 2.05) is 0 Å². The van der Waals surface area contributed by atoms with Gasteiger partial charge in [-0.3, -0.25) is 0 Å². The van der Waals surface area contributed by atoms with Crippen LogP contribution in [0.15, 0.2) is 11.1 Å². The monoisotopic (exact) mass is 166 g/mol. The van der Waals surface area contributed by atoms with Crippen LogP contribution in [0.4, 0.5) is 17.6 Å². The molecule has 2 aliphatic rings. The van der Waals surface area contributed by atoms with Crippen molar-refractivity contribution in [2.45, 2.75) is 31.1 Å². The highest BCUT2D eigenvalue weighted by molar-refractivity contribution is 5.46. The normalized spacial score (nSPS) is 31.6. The number of hydrogen-bond donors (Lipinski definition) is 0. The second-order valence-corrected chi connectivity index (χ2v) is 2.96. The summed E-state index contributed by atoms with van der Waals surface area (Å²) in [5.41, 5.74) is -0.606. The molecule has 0 N–H and O–H groups in total. The van der Waals surface area contributed by atoms with E-state index in [1.54, 1.807) is 0 Å². The predicted octanol–water partition coefficient (Wildman–Crippen LogP) is 2.75. The van der Waals surface area contributed by atoms with E-state index in [2.05, 4.69) is 0 Å². The van der Waals surface area contributed by atoms with E-state index in [1.165, 1.54) is 0 Å². The van der Waals surface area contributed by atoms with Gasteiger partial charge in [-0.1, -0.05) is 0 Å². The lowest BCUT2D eigenvalue weighted by atomic mass is 9.82. The predicted molar refractivity (Wildman–Crippen MR) is 30.8 cm³/mol.